The number of hydrogen-bond donors (Lipinski definition) is 2. The molecule has 2 N–H and O–H groups in total. The Hall–Kier alpha value is -4.42. The van der Waals surface area contributed by atoms with E-state index in [1.807, 2.05) is 6.20 Å². The largest absolute Gasteiger partial charge is 0.464 e. The first kappa shape index (κ1) is 69.5. The maximum absolute atomic E-state index is 15.9. The molecule has 16 heteroatoms. The van der Waals surface area contributed by atoms with Crippen molar-refractivity contribution in [3.8, 4) is 11.3 Å². The lowest BCUT2D eigenvalue weighted by atomic mass is 9.54. The second-order valence-electron chi connectivity index (χ2n) is 28.9. The number of nitrogens with zero attached hydrogens (tertiary/aromatic N) is 7. The van der Waals surface area contributed by atoms with Gasteiger partial charge in [-0.05, 0) is 196 Å². The molecular weight excluding hydrogens is 1100 g/mol. The van der Waals surface area contributed by atoms with E-state index in [0.717, 1.165) is 137 Å². The molecule has 88 heavy (non-hydrogen) atoms. The van der Waals surface area contributed by atoms with Crippen LogP contribution in [0.25, 0.3) is 22.2 Å². The van der Waals surface area contributed by atoms with Gasteiger partial charge >= 0.3 is 5.97 Å². The minimum Gasteiger partial charge on any atom is -0.464 e. The molecule has 7 unspecified atom stereocenters. The third kappa shape index (κ3) is 15.7. The van der Waals surface area contributed by atoms with Crippen molar-refractivity contribution >= 4 is 34.4 Å². The minimum atomic E-state index is -0.838. The van der Waals surface area contributed by atoms with Crippen molar-refractivity contribution in [1.82, 2.24) is 40.0 Å². The van der Waals surface area contributed by atoms with Gasteiger partial charge in [0.2, 0.25) is 5.91 Å². The van der Waals surface area contributed by atoms with E-state index in [4.69, 9.17) is 23.9 Å². The first-order chi connectivity index (χ1) is 42.2. The molecule has 6 fully saturated rings. The van der Waals surface area contributed by atoms with Crippen molar-refractivity contribution < 1.29 is 33.3 Å². The third-order valence-corrected chi connectivity index (χ3v) is 20.6. The number of rotatable bonds is 21. The standard InChI is InChI=1S/C61H94N8O7.C9H19N.C2H4/c1-13-22-65-32-41(7)51(43-28-61(29-43)37-75-38-61)53(63-56(70)54(39(4)5)68-24-17-21-60(68,11)35-66(23-14-2)45-33-74-34-45)57(71)69-25-16-18-49(64-69)58(72)76-36-59(9,10)30-48-46-27-44(65)19-20-50(46)67(15-3)55(48)47-26-40(6)31-62-52(47)42(8)73-12;1-3-7-10(8-4-2)9-5-6-9;1-2/h19-20,26-27,31,39,41-43,45,49,51,53-54,64H,13-18,21-25,28-30,32-38H2,1-12H3,(H,63,70);9H,3-8H2,1-2H3;1-2H2. The van der Waals surface area contributed by atoms with E-state index in [-0.39, 0.29) is 65.1 Å². The van der Waals surface area contributed by atoms with Crippen molar-refractivity contribution in [1.29, 1.82) is 0 Å². The lowest BCUT2D eigenvalue weighted by Gasteiger charge is -2.57. The van der Waals surface area contributed by atoms with Crippen LogP contribution in [-0.4, -0.2) is 175 Å². The number of nitrogens with one attached hydrogen (secondary N) is 2. The van der Waals surface area contributed by atoms with E-state index in [1.165, 1.54) is 49.7 Å². The Morgan fingerprint density at radius 2 is 1.58 bits per heavy atom. The monoisotopic (exact) mass is 1220 g/mol. The summed E-state index contributed by atoms with van der Waals surface area (Å²) in [6.07, 6.45) is 14.9. The van der Waals surface area contributed by atoms with Gasteiger partial charge in [-0.15, -0.1) is 13.2 Å². The van der Waals surface area contributed by atoms with Gasteiger partial charge in [0.1, 0.15) is 12.1 Å². The van der Waals surface area contributed by atoms with E-state index in [1.54, 1.807) is 12.1 Å². The highest BCUT2D eigenvalue weighted by atomic mass is 16.5. The Kier molecular flexibility index (Phi) is 24.3. The lowest BCUT2D eigenvalue weighted by Crippen LogP contribution is -2.67. The molecule has 2 saturated carbocycles. The van der Waals surface area contributed by atoms with Crippen molar-refractivity contribution in [2.75, 3.05) is 97.4 Å². The second kappa shape index (κ2) is 30.8. The highest BCUT2D eigenvalue weighted by Crippen LogP contribution is 2.56. The van der Waals surface area contributed by atoms with E-state index in [2.05, 4.69) is 162 Å². The van der Waals surface area contributed by atoms with Gasteiger partial charge in [-0.2, -0.15) is 0 Å². The molecule has 5 aliphatic heterocycles. The van der Waals surface area contributed by atoms with E-state index >= 15 is 9.59 Å². The number of pyridine rings is 1. The molecule has 1 spiro atoms. The highest BCUT2D eigenvalue weighted by Gasteiger charge is 2.56. The lowest BCUT2D eigenvalue weighted by molar-refractivity contribution is -0.194. The Morgan fingerprint density at radius 1 is 0.886 bits per heavy atom. The predicted octanol–water partition coefficient (Wildman–Crippen LogP) is 11.8. The Morgan fingerprint density at radius 3 is 2.17 bits per heavy atom. The Bertz CT molecular complexity index is 2760. The molecule has 2 aliphatic carbocycles. The van der Waals surface area contributed by atoms with Gasteiger partial charge in [-0.1, -0.05) is 62.3 Å². The summed E-state index contributed by atoms with van der Waals surface area (Å²) in [5.41, 5.74) is 10.4. The van der Waals surface area contributed by atoms with Crippen LogP contribution in [0.4, 0.5) is 5.69 Å². The van der Waals surface area contributed by atoms with E-state index < -0.39 is 23.5 Å². The summed E-state index contributed by atoms with van der Waals surface area (Å²) in [4.78, 5) is 61.2. The zero-order chi connectivity index (χ0) is 63.7. The van der Waals surface area contributed by atoms with Crippen LogP contribution < -0.4 is 15.6 Å². The van der Waals surface area contributed by atoms with Crippen LogP contribution in [0.3, 0.4) is 0 Å². The number of fused-ring (bicyclic) bond motifs is 3. The summed E-state index contributed by atoms with van der Waals surface area (Å²) in [6.45, 7) is 45.9. The molecule has 7 atom stereocenters. The van der Waals surface area contributed by atoms with Crippen LogP contribution in [-0.2, 0) is 46.3 Å². The zero-order valence-corrected chi connectivity index (χ0v) is 57.2. The molecule has 0 radical (unpaired) electrons. The number of hydrogen-bond acceptors (Lipinski definition) is 13. The molecule has 7 aliphatic rings. The number of hydrazine groups is 1. The Labute approximate surface area is 530 Å². The normalized spacial score (nSPS) is 25.9. The summed E-state index contributed by atoms with van der Waals surface area (Å²) >= 11 is 0. The summed E-state index contributed by atoms with van der Waals surface area (Å²) in [7, 11) is 1.74. The van der Waals surface area contributed by atoms with Gasteiger partial charge in [0.25, 0.3) is 5.91 Å². The number of carbonyl (C=O) groups is 3. The number of likely N-dealkylation sites (tertiary alicyclic amines) is 1. The van der Waals surface area contributed by atoms with E-state index in [9.17, 15) is 4.79 Å². The fraction of sp³-hybridized carbons (Fsp3) is 0.750. The van der Waals surface area contributed by atoms with Gasteiger partial charge < -0.3 is 38.6 Å². The number of aryl methyl sites for hydroxylation is 2. The maximum Gasteiger partial charge on any atom is 0.324 e. The fourth-order valence-corrected chi connectivity index (χ4v) is 16.0. The summed E-state index contributed by atoms with van der Waals surface area (Å²) < 4.78 is 26.3. The molecule has 3 aromatic rings. The number of benzene rings is 1. The van der Waals surface area contributed by atoms with Crippen LogP contribution in [0.2, 0.25) is 0 Å². The molecular formula is C72H117N9O7. The van der Waals surface area contributed by atoms with Gasteiger partial charge in [0, 0.05) is 90.6 Å². The molecule has 2 amide bonds. The number of methoxy groups -OCH3 is 1. The molecule has 492 valence electrons. The van der Waals surface area contributed by atoms with Crippen molar-refractivity contribution in [3.05, 3.63) is 60.4 Å². The van der Waals surface area contributed by atoms with Crippen LogP contribution >= 0.6 is 0 Å². The zero-order valence-electron chi connectivity index (χ0n) is 57.2. The summed E-state index contributed by atoms with van der Waals surface area (Å²) in [5, 5.41) is 6.45. The molecule has 2 aromatic heterocycles. The van der Waals surface area contributed by atoms with Crippen molar-refractivity contribution in [2.24, 2.45) is 34.5 Å². The van der Waals surface area contributed by atoms with Crippen LogP contribution in [0.15, 0.2) is 43.6 Å². The number of esters is 1. The highest BCUT2D eigenvalue weighted by molar-refractivity contribution is 5.95. The average Bonchev–Trinajstić information content (AvgIpc) is 1.61. The molecule has 10 rings (SSSR count). The van der Waals surface area contributed by atoms with Gasteiger partial charge in [-0.25, -0.2) is 5.43 Å². The molecule has 7 heterocycles. The minimum absolute atomic E-state index is 0.00929. The number of amides is 2. The predicted molar refractivity (Wildman–Crippen MR) is 356 cm³/mol. The van der Waals surface area contributed by atoms with Crippen molar-refractivity contribution in [3.63, 3.8) is 0 Å². The third-order valence-electron chi connectivity index (χ3n) is 20.6. The maximum atomic E-state index is 15.9. The van der Waals surface area contributed by atoms with Crippen LogP contribution in [0.5, 0.6) is 0 Å². The first-order valence-electron chi connectivity index (χ1n) is 34.6. The number of cyclic esters (lactones) is 1. The fourth-order valence-electron chi connectivity index (χ4n) is 16.0. The molecule has 1 aromatic carbocycles. The van der Waals surface area contributed by atoms with Gasteiger partial charge in [0.15, 0.2) is 0 Å². The van der Waals surface area contributed by atoms with Crippen molar-refractivity contribution in [2.45, 2.75) is 222 Å². The molecule has 4 bridgehead atoms. The molecule has 16 nitrogen and oxygen atoms in total. The van der Waals surface area contributed by atoms with E-state index in [0.29, 0.717) is 38.4 Å². The quantitative estimate of drug-likeness (QED) is 0.0771. The summed E-state index contributed by atoms with van der Waals surface area (Å²) in [5.74, 6) is -0.669. The average molecular weight is 1220 g/mol. The van der Waals surface area contributed by atoms with Gasteiger partial charge in [0.05, 0.1) is 62.6 Å². The van der Waals surface area contributed by atoms with Gasteiger partial charge in [-0.3, -0.25) is 34.2 Å². The number of ether oxygens (including phenoxy) is 4. The van der Waals surface area contributed by atoms with Crippen LogP contribution in [0.1, 0.15) is 183 Å². The van der Waals surface area contributed by atoms with Crippen LogP contribution in [0, 0.1) is 41.4 Å². The Balaban J connectivity index is 0.000000754. The SMILES string of the molecule is C=C.CCCN(CCC)C1CC1.CCCN1CC(C)C(C2CC3(COC3)C2)C(NC(=O)C(C(C)C)N2CCCC2(C)CN(CCC)C2COC2)C(=O)N2CCCC(N2)C(=O)OCC(C)(C)Cc2c(-c3cc(C)cnc3C(C)OC)n(CC)c3ccc1cc23. The smallest absolute Gasteiger partial charge is 0.324 e. The summed E-state index contributed by atoms with van der Waals surface area (Å²) in [6, 6.07) is 8.58. The topological polar surface area (TPSA) is 146 Å². The molecule has 4 saturated heterocycles. The number of aromatic nitrogens is 2. The number of anilines is 1. The number of carbonyl (C=O) groups excluding carboxylic acids is 3. The second-order valence-corrected chi connectivity index (χ2v) is 28.9. The first-order valence-corrected chi connectivity index (χ1v) is 34.6.